The fourth-order valence-electron chi connectivity index (χ4n) is 3.28. The number of pyridine rings is 1. The predicted molar refractivity (Wildman–Crippen MR) is 110 cm³/mol. The molecular formula is C18H21BrN8O. The van der Waals surface area contributed by atoms with Crippen LogP contribution < -0.4 is 10.2 Å². The number of halogens is 1. The number of fused-ring (bicyclic) bond motifs is 1. The van der Waals surface area contributed by atoms with Gasteiger partial charge in [-0.3, -0.25) is 14.5 Å². The van der Waals surface area contributed by atoms with E-state index in [0.29, 0.717) is 25.6 Å². The number of aryl methyl sites for hydroxylation is 1. The number of nitrogens with one attached hydrogen (secondary N) is 1. The molecule has 0 unspecified atom stereocenters. The number of nitrogens with zero attached hydrogens (tertiary/aromatic N) is 7. The van der Waals surface area contributed by atoms with Crippen LogP contribution in [0.5, 0.6) is 0 Å². The van der Waals surface area contributed by atoms with Gasteiger partial charge in [0.05, 0.1) is 24.1 Å². The van der Waals surface area contributed by atoms with Crippen molar-refractivity contribution in [3.63, 3.8) is 0 Å². The molecule has 1 amide bonds. The summed E-state index contributed by atoms with van der Waals surface area (Å²) in [6, 6.07) is 3.92. The number of guanidine groups is 1. The van der Waals surface area contributed by atoms with E-state index in [0.717, 1.165) is 21.5 Å². The first-order valence-electron chi connectivity index (χ1n) is 8.91. The number of imidazole rings is 1. The van der Waals surface area contributed by atoms with E-state index >= 15 is 0 Å². The van der Waals surface area contributed by atoms with Crippen LogP contribution in [0, 0.1) is 0 Å². The fraction of sp³-hybridized carbons (Fsp3) is 0.333. The van der Waals surface area contributed by atoms with Gasteiger partial charge >= 0.3 is 0 Å². The first kappa shape index (κ1) is 18.5. The molecule has 10 heteroatoms. The van der Waals surface area contributed by atoms with E-state index in [2.05, 4.69) is 36.3 Å². The maximum atomic E-state index is 12.6. The molecule has 9 nitrogen and oxygen atoms in total. The summed E-state index contributed by atoms with van der Waals surface area (Å²) in [6.07, 6.45) is 7.51. The van der Waals surface area contributed by atoms with Gasteiger partial charge in [0.1, 0.15) is 12.2 Å². The van der Waals surface area contributed by atoms with Gasteiger partial charge in [0.25, 0.3) is 0 Å². The molecule has 4 heterocycles. The summed E-state index contributed by atoms with van der Waals surface area (Å²) in [5, 5.41) is 7.46. The van der Waals surface area contributed by atoms with Gasteiger partial charge in [-0.15, -0.1) is 0 Å². The zero-order valence-corrected chi connectivity index (χ0v) is 17.3. The molecule has 0 aromatic carbocycles. The highest BCUT2D eigenvalue weighted by atomic mass is 79.9. The van der Waals surface area contributed by atoms with Gasteiger partial charge in [0.2, 0.25) is 5.91 Å². The number of aromatic nitrogens is 4. The Hall–Kier alpha value is -2.88. The van der Waals surface area contributed by atoms with Crippen molar-refractivity contribution < 1.29 is 4.79 Å². The van der Waals surface area contributed by atoms with Crippen LogP contribution in [0.15, 0.2) is 46.4 Å². The van der Waals surface area contributed by atoms with E-state index in [1.807, 2.05) is 47.1 Å². The lowest BCUT2D eigenvalue weighted by Gasteiger charge is -2.35. The number of hydrogen-bond donors (Lipinski definition) is 1. The second kappa shape index (κ2) is 7.63. The smallest absolute Gasteiger partial charge is 0.246 e. The highest BCUT2D eigenvalue weighted by molar-refractivity contribution is 9.10. The van der Waals surface area contributed by atoms with Crippen LogP contribution >= 0.6 is 15.9 Å². The number of rotatable bonds is 3. The second-order valence-electron chi connectivity index (χ2n) is 6.58. The molecule has 28 heavy (non-hydrogen) atoms. The van der Waals surface area contributed by atoms with Gasteiger partial charge in [-0.25, -0.2) is 4.98 Å². The van der Waals surface area contributed by atoms with Crippen LogP contribution in [-0.4, -0.2) is 62.6 Å². The molecule has 146 valence electrons. The monoisotopic (exact) mass is 444 g/mol. The van der Waals surface area contributed by atoms with Crippen LogP contribution in [-0.2, 0) is 18.4 Å². The Morgan fingerprint density at radius 1 is 1.29 bits per heavy atom. The Bertz CT molecular complexity index is 1040. The van der Waals surface area contributed by atoms with Gasteiger partial charge in [0, 0.05) is 50.2 Å². The molecule has 0 aliphatic carbocycles. The molecule has 1 aliphatic heterocycles. The maximum Gasteiger partial charge on any atom is 0.246 e. The summed E-state index contributed by atoms with van der Waals surface area (Å²) in [7, 11) is 3.56. The normalized spacial score (nSPS) is 15.5. The zero-order chi connectivity index (χ0) is 19.7. The zero-order valence-electron chi connectivity index (χ0n) is 15.7. The summed E-state index contributed by atoms with van der Waals surface area (Å²) in [5.41, 5.74) is 2.61. The highest BCUT2D eigenvalue weighted by Gasteiger charge is 2.27. The lowest BCUT2D eigenvalue weighted by molar-refractivity contribution is -0.120. The third kappa shape index (κ3) is 3.72. The van der Waals surface area contributed by atoms with Crippen LogP contribution in [0.3, 0.4) is 0 Å². The third-order valence-electron chi connectivity index (χ3n) is 4.63. The number of carbonyl (C=O) groups excluding carboxylic acids is 1. The van der Waals surface area contributed by atoms with Crippen molar-refractivity contribution in [3.8, 4) is 0 Å². The number of carbonyl (C=O) groups is 1. The molecule has 0 saturated carbocycles. The summed E-state index contributed by atoms with van der Waals surface area (Å²) in [6.45, 7) is 2.09. The molecule has 1 saturated heterocycles. The molecule has 3 aromatic heterocycles. The highest BCUT2D eigenvalue weighted by Crippen LogP contribution is 2.16. The van der Waals surface area contributed by atoms with Crippen molar-refractivity contribution in [1.29, 1.82) is 0 Å². The summed E-state index contributed by atoms with van der Waals surface area (Å²) < 4.78 is 4.67. The Balaban J connectivity index is 1.39. The van der Waals surface area contributed by atoms with Crippen molar-refractivity contribution in [2.45, 2.75) is 6.54 Å². The molecular weight excluding hydrogens is 424 g/mol. The molecule has 3 aromatic rings. The number of amides is 1. The average molecular weight is 445 g/mol. The lowest BCUT2D eigenvalue weighted by Crippen LogP contribution is -2.55. The summed E-state index contributed by atoms with van der Waals surface area (Å²) >= 11 is 3.46. The van der Waals surface area contributed by atoms with Gasteiger partial charge in [-0.1, -0.05) is 0 Å². The number of hydrogen-bond acceptors (Lipinski definition) is 4. The van der Waals surface area contributed by atoms with Crippen molar-refractivity contribution in [3.05, 3.63) is 47.1 Å². The Morgan fingerprint density at radius 3 is 2.86 bits per heavy atom. The van der Waals surface area contributed by atoms with E-state index in [-0.39, 0.29) is 12.5 Å². The van der Waals surface area contributed by atoms with Crippen LogP contribution in [0.2, 0.25) is 0 Å². The molecule has 0 radical (unpaired) electrons. The standard InChI is InChI=1S/C18H21BrN8O/c1-20-18(21-7-14-10-26-9-13(19)3-4-16(26)23-14)25-5-6-27(17(28)12-25)15-8-22-24(2)11-15/h3-4,8-11H,5-7,12H2,1-2H3,(H,20,21). The quantitative estimate of drug-likeness (QED) is 0.485. The minimum atomic E-state index is 0.0276. The first-order valence-corrected chi connectivity index (χ1v) is 9.70. The third-order valence-corrected chi connectivity index (χ3v) is 5.10. The molecule has 1 fully saturated rings. The van der Waals surface area contributed by atoms with Crippen LogP contribution in [0.4, 0.5) is 5.69 Å². The summed E-state index contributed by atoms with van der Waals surface area (Å²) in [4.78, 5) is 25.3. The number of aliphatic imine (C=N–C) groups is 1. The van der Waals surface area contributed by atoms with Crippen LogP contribution in [0.1, 0.15) is 5.69 Å². The van der Waals surface area contributed by atoms with Crippen molar-refractivity contribution in [2.75, 3.05) is 31.6 Å². The van der Waals surface area contributed by atoms with Gasteiger partial charge < -0.3 is 19.5 Å². The minimum Gasteiger partial charge on any atom is -0.351 e. The van der Waals surface area contributed by atoms with Crippen molar-refractivity contribution >= 4 is 39.1 Å². The van der Waals surface area contributed by atoms with E-state index in [1.54, 1.807) is 22.8 Å². The SMILES string of the molecule is CN=C(NCc1cn2cc(Br)ccc2n1)N1CCN(c2cnn(C)c2)C(=O)C1. The predicted octanol–water partition coefficient (Wildman–Crippen LogP) is 1.25. The van der Waals surface area contributed by atoms with Gasteiger partial charge in [-0.05, 0) is 28.1 Å². The molecule has 1 aliphatic rings. The molecule has 0 atom stereocenters. The van der Waals surface area contributed by atoms with Gasteiger partial charge in [-0.2, -0.15) is 5.10 Å². The number of anilines is 1. The van der Waals surface area contributed by atoms with E-state index in [1.165, 1.54) is 0 Å². The van der Waals surface area contributed by atoms with Crippen molar-refractivity contribution in [2.24, 2.45) is 12.0 Å². The Kier molecular flexibility index (Phi) is 5.03. The van der Waals surface area contributed by atoms with E-state index < -0.39 is 0 Å². The largest absolute Gasteiger partial charge is 0.351 e. The Labute approximate surface area is 170 Å². The van der Waals surface area contributed by atoms with Crippen molar-refractivity contribution in [1.82, 2.24) is 29.4 Å². The topological polar surface area (TPSA) is 83.1 Å². The van der Waals surface area contributed by atoms with E-state index in [4.69, 9.17) is 0 Å². The lowest BCUT2D eigenvalue weighted by atomic mass is 10.3. The van der Waals surface area contributed by atoms with Crippen LogP contribution in [0.25, 0.3) is 5.65 Å². The maximum absolute atomic E-state index is 12.6. The summed E-state index contributed by atoms with van der Waals surface area (Å²) in [5.74, 6) is 0.720. The second-order valence-corrected chi connectivity index (χ2v) is 7.50. The van der Waals surface area contributed by atoms with Gasteiger partial charge in [0.15, 0.2) is 5.96 Å². The molecule has 0 bridgehead atoms. The number of piperazine rings is 1. The van der Waals surface area contributed by atoms with E-state index in [9.17, 15) is 4.79 Å². The Morgan fingerprint density at radius 2 is 2.14 bits per heavy atom. The fourth-order valence-corrected chi connectivity index (χ4v) is 3.63. The molecule has 0 spiro atoms. The molecule has 1 N–H and O–H groups in total. The minimum absolute atomic E-state index is 0.0276. The molecule has 4 rings (SSSR count). The first-order chi connectivity index (χ1) is 13.5. The average Bonchev–Trinajstić information content (AvgIpc) is 3.27.